The quantitative estimate of drug-likeness (QED) is 0.677. The molecule has 1 fully saturated rings. The lowest BCUT2D eigenvalue weighted by atomic mass is 9.92. The first-order chi connectivity index (χ1) is 9.42. The van der Waals surface area contributed by atoms with Gasteiger partial charge in [0.1, 0.15) is 5.54 Å². The number of carboxylic acids is 1. The van der Waals surface area contributed by atoms with Gasteiger partial charge in [-0.15, -0.1) is 0 Å². The number of halogens is 1. The smallest absolute Gasteiger partial charge is 0.329 e. The zero-order valence-corrected chi connectivity index (χ0v) is 11.0. The molecule has 0 amide bonds. The van der Waals surface area contributed by atoms with E-state index in [9.17, 15) is 24.4 Å². The van der Waals surface area contributed by atoms with Gasteiger partial charge in [-0.25, -0.2) is 9.18 Å². The second kappa shape index (κ2) is 5.07. The number of nitrogens with zero attached hydrogens (tertiary/aromatic N) is 2. The van der Waals surface area contributed by atoms with Gasteiger partial charge in [-0.3, -0.25) is 10.1 Å². The average Bonchev–Trinajstić information content (AvgIpc) is 2.83. The Morgan fingerprint density at radius 1 is 1.60 bits per heavy atom. The van der Waals surface area contributed by atoms with Crippen LogP contribution in [-0.2, 0) is 4.79 Å². The van der Waals surface area contributed by atoms with Crippen LogP contribution in [-0.4, -0.2) is 28.1 Å². The number of carbonyl (C=O) groups is 1. The lowest BCUT2D eigenvalue weighted by Gasteiger charge is -2.35. The van der Waals surface area contributed by atoms with Crippen LogP contribution in [0.3, 0.4) is 0 Å². The fourth-order valence-electron chi connectivity index (χ4n) is 2.80. The van der Waals surface area contributed by atoms with Crippen molar-refractivity contribution < 1.29 is 19.2 Å². The van der Waals surface area contributed by atoms with Crippen LogP contribution in [0.2, 0.25) is 0 Å². The van der Waals surface area contributed by atoms with Gasteiger partial charge in [0.05, 0.1) is 16.7 Å². The first-order valence-corrected chi connectivity index (χ1v) is 6.37. The van der Waals surface area contributed by atoms with E-state index in [1.54, 1.807) is 6.92 Å². The molecule has 0 spiro atoms. The summed E-state index contributed by atoms with van der Waals surface area (Å²) in [5, 5.41) is 20.1. The minimum absolute atomic E-state index is 0.109. The van der Waals surface area contributed by atoms with Gasteiger partial charge in [0, 0.05) is 12.6 Å². The van der Waals surface area contributed by atoms with Gasteiger partial charge in [-0.05, 0) is 25.3 Å². The van der Waals surface area contributed by atoms with Crippen molar-refractivity contribution in [2.45, 2.75) is 31.7 Å². The Balaban J connectivity index is 2.45. The fraction of sp³-hybridized carbons (Fsp3) is 0.462. The van der Waals surface area contributed by atoms with E-state index in [2.05, 4.69) is 0 Å². The Morgan fingerprint density at radius 3 is 2.80 bits per heavy atom. The highest BCUT2D eigenvalue weighted by Crippen LogP contribution is 2.38. The molecule has 0 bridgehead atoms. The van der Waals surface area contributed by atoms with E-state index < -0.39 is 22.2 Å². The van der Waals surface area contributed by atoms with Crippen molar-refractivity contribution in [3.05, 3.63) is 34.1 Å². The summed E-state index contributed by atoms with van der Waals surface area (Å²) >= 11 is 0. The maximum Gasteiger partial charge on any atom is 0.329 e. The maximum absolute atomic E-state index is 14.1. The van der Waals surface area contributed by atoms with Gasteiger partial charge in [-0.1, -0.05) is 6.92 Å². The molecule has 0 aromatic heterocycles. The summed E-state index contributed by atoms with van der Waals surface area (Å²) in [4.78, 5) is 23.0. The predicted octanol–water partition coefficient (Wildman–Crippen LogP) is 2.57. The van der Waals surface area contributed by atoms with Crippen molar-refractivity contribution in [3.8, 4) is 0 Å². The molecule has 1 aliphatic heterocycles. The minimum atomic E-state index is -1.13. The standard InChI is InChI=1S/C13H15FN2O4/c1-2-13(12(17)18)6-3-7-15(13)11-5-4-9(16(19)20)8-10(11)14/h4-5,8H,2-3,6-7H2,1H3,(H,17,18). The molecule has 1 atom stereocenters. The second-order valence-corrected chi connectivity index (χ2v) is 4.84. The van der Waals surface area contributed by atoms with Crippen LogP contribution >= 0.6 is 0 Å². The molecular weight excluding hydrogens is 267 g/mol. The van der Waals surface area contributed by atoms with E-state index in [4.69, 9.17) is 0 Å². The van der Waals surface area contributed by atoms with Gasteiger partial charge in [0.2, 0.25) is 0 Å². The SMILES string of the molecule is CCC1(C(=O)O)CCCN1c1ccc([N+](=O)[O-])cc1F. The number of hydrogen-bond donors (Lipinski definition) is 1. The number of anilines is 1. The number of rotatable bonds is 4. The van der Waals surface area contributed by atoms with Crippen LogP contribution in [0.5, 0.6) is 0 Å². The molecule has 2 rings (SSSR count). The maximum atomic E-state index is 14.1. The Hall–Kier alpha value is -2.18. The second-order valence-electron chi connectivity index (χ2n) is 4.84. The normalized spacial score (nSPS) is 22.0. The van der Waals surface area contributed by atoms with Crippen LogP contribution in [0.4, 0.5) is 15.8 Å². The molecule has 108 valence electrons. The third-order valence-corrected chi connectivity index (χ3v) is 3.90. The predicted molar refractivity (Wildman–Crippen MR) is 70.3 cm³/mol. The van der Waals surface area contributed by atoms with E-state index in [1.165, 1.54) is 17.0 Å². The number of hydrogen-bond acceptors (Lipinski definition) is 4. The third kappa shape index (κ3) is 2.09. The lowest BCUT2D eigenvalue weighted by Crippen LogP contribution is -2.50. The Bertz CT molecular complexity index is 563. The minimum Gasteiger partial charge on any atom is -0.479 e. The molecular formula is C13H15FN2O4. The van der Waals surface area contributed by atoms with Gasteiger partial charge in [0.25, 0.3) is 5.69 Å². The first-order valence-electron chi connectivity index (χ1n) is 6.37. The molecule has 1 heterocycles. The van der Waals surface area contributed by atoms with E-state index in [0.717, 1.165) is 6.07 Å². The Morgan fingerprint density at radius 2 is 2.30 bits per heavy atom. The summed E-state index contributed by atoms with van der Waals surface area (Å²) in [7, 11) is 0. The van der Waals surface area contributed by atoms with Gasteiger partial charge >= 0.3 is 5.97 Å². The highest BCUT2D eigenvalue weighted by Gasteiger charge is 2.47. The van der Waals surface area contributed by atoms with E-state index in [0.29, 0.717) is 25.8 Å². The number of nitro benzene ring substituents is 1. The van der Waals surface area contributed by atoms with E-state index in [-0.39, 0.29) is 11.4 Å². The molecule has 1 saturated heterocycles. The molecule has 7 heteroatoms. The van der Waals surface area contributed by atoms with E-state index in [1.807, 2.05) is 0 Å². The van der Waals surface area contributed by atoms with Crippen LogP contribution in [0, 0.1) is 15.9 Å². The van der Waals surface area contributed by atoms with Crippen molar-refractivity contribution in [2.75, 3.05) is 11.4 Å². The Kier molecular flexibility index (Phi) is 3.61. The Labute approximate surface area is 115 Å². The van der Waals surface area contributed by atoms with Crippen LogP contribution in [0.1, 0.15) is 26.2 Å². The summed E-state index contributed by atoms with van der Waals surface area (Å²) in [5.41, 5.74) is -1.36. The molecule has 20 heavy (non-hydrogen) atoms. The molecule has 1 aliphatic rings. The zero-order chi connectivity index (χ0) is 14.9. The van der Waals surface area contributed by atoms with Crippen molar-refractivity contribution in [1.29, 1.82) is 0 Å². The van der Waals surface area contributed by atoms with Gasteiger partial charge in [-0.2, -0.15) is 0 Å². The van der Waals surface area contributed by atoms with Crippen molar-refractivity contribution >= 4 is 17.3 Å². The van der Waals surface area contributed by atoms with Crippen molar-refractivity contribution in [3.63, 3.8) is 0 Å². The fourth-order valence-corrected chi connectivity index (χ4v) is 2.80. The summed E-state index contributed by atoms with van der Waals surface area (Å²) < 4.78 is 14.1. The number of nitro groups is 1. The highest BCUT2D eigenvalue weighted by atomic mass is 19.1. The molecule has 1 aromatic rings. The molecule has 0 aliphatic carbocycles. The highest BCUT2D eigenvalue weighted by molar-refractivity contribution is 5.84. The van der Waals surface area contributed by atoms with E-state index >= 15 is 0 Å². The number of carboxylic acid groups (broad SMARTS) is 1. The number of benzene rings is 1. The zero-order valence-electron chi connectivity index (χ0n) is 11.0. The monoisotopic (exact) mass is 282 g/mol. The molecule has 1 N–H and O–H groups in total. The molecule has 1 unspecified atom stereocenters. The molecule has 6 nitrogen and oxygen atoms in total. The first kappa shape index (κ1) is 14.2. The molecule has 1 aromatic carbocycles. The summed E-state index contributed by atoms with van der Waals surface area (Å²) in [6.07, 6.45) is 1.44. The number of non-ortho nitro benzene ring substituents is 1. The summed E-state index contributed by atoms with van der Waals surface area (Å²) in [6, 6.07) is 3.31. The number of aliphatic carboxylic acids is 1. The molecule has 0 saturated carbocycles. The summed E-state index contributed by atoms with van der Waals surface area (Å²) in [5.74, 6) is -1.75. The summed E-state index contributed by atoms with van der Waals surface area (Å²) in [6.45, 7) is 2.17. The van der Waals surface area contributed by atoms with Gasteiger partial charge < -0.3 is 10.0 Å². The third-order valence-electron chi connectivity index (χ3n) is 3.90. The van der Waals surface area contributed by atoms with Crippen LogP contribution < -0.4 is 4.90 Å². The molecule has 0 radical (unpaired) electrons. The largest absolute Gasteiger partial charge is 0.479 e. The van der Waals surface area contributed by atoms with Crippen LogP contribution in [0.25, 0.3) is 0 Å². The van der Waals surface area contributed by atoms with Crippen molar-refractivity contribution in [2.24, 2.45) is 0 Å². The lowest BCUT2D eigenvalue weighted by molar-refractivity contribution is -0.385. The van der Waals surface area contributed by atoms with Crippen molar-refractivity contribution in [1.82, 2.24) is 0 Å². The van der Waals surface area contributed by atoms with Crippen LogP contribution in [0.15, 0.2) is 18.2 Å². The average molecular weight is 282 g/mol. The van der Waals surface area contributed by atoms with Gasteiger partial charge in [0.15, 0.2) is 5.82 Å². The topological polar surface area (TPSA) is 83.7 Å².